The summed E-state index contributed by atoms with van der Waals surface area (Å²) in [4.78, 5) is 30.9. The second-order valence-corrected chi connectivity index (χ2v) is 10.4. The molecule has 49 heavy (non-hydrogen) atoms. The maximum Gasteiger partial charge on any atom is 0.253 e. The number of unbranched alkanes of at least 4 members (excludes halogenated alkanes) is 2. The van der Waals surface area contributed by atoms with Crippen LogP contribution in [0.3, 0.4) is 0 Å². The summed E-state index contributed by atoms with van der Waals surface area (Å²) in [5.74, 6) is -8.85. The Kier molecular flexibility index (Phi) is 14.0. The summed E-state index contributed by atoms with van der Waals surface area (Å²) in [6, 6.07) is 1.33. The number of nitrogens with one attached hydrogen (secondary N) is 2. The smallest absolute Gasteiger partial charge is 0.253 e. The van der Waals surface area contributed by atoms with E-state index >= 15 is 0 Å². The molecule has 0 aliphatic rings. The zero-order valence-electron chi connectivity index (χ0n) is 25.5. The number of carbonyl (C=O) groups excluding carboxylic acids is 2. The third-order valence-electron chi connectivity index (χ3n) is 6.81. The number of amides is 2. The minimum atomic E-state index is -2.00. The van der Waals surface area contributed by atoms with Gasteiger partial charge in [-0.05, 0) is 63.4 Å². The highest BCUT2D eigenvalue weighted by atomic mass is 19.2. The molecule has 3 aromatic rings. The Labute approximate surface area is 275 Å². The molecule has 0 radical (unpaired) electrons. The molecular formula is C32H29F8N7O2. The lowest BCUT2D eigenvalue weighted by atomic mass is 10.0. The van der Waals surface area contributed by atoms with Crippen LogP contribution in [-0.4, -0.2) is 47.0 Å². The predicted octanol–water partition coefficient (Wildman–Crippen LogP) is 3.40. The number of hydrogen-bond donors (Lipinski definition) is 5. The Morgan fingerprint density at radius 1 is 0.653 bits per heavy atom. The van der Waals surface area contributed by atoms with Gasteiger partial charge in [0.1, 0.15) is 17.2 Å². The van der Waals surface area contributed by atoms with E-state index in [-0.39, 0.29) is 23.2 Å². The average Bonchev–Trinajstić information content (AvgIpc) is 3.06. The molecule has 3 rings (SSSR count). The van der Waals surface area contributed by atoms with Crippen LogP contribution in [-0.2, 0) is 9.59 Å². The lowest BCUT2D eigenvalue weighted by molar-refractivity contribution is -0.127. The van der Waals surface area contributed by atoms with Gasteiger partial charge in [0.2, 0.25) is 11.8 Å². The molecule has 2 amide bonds. The number of carbonyl (C=O) groups is 2. The summed E-state index contributed by atoms with van der Waals surface area (Å²) in [6.45, 7) is 0.717. The monoisotopic (exact) mass is 695 g/mol. The van der Waals surface area contributed by atoms with Gasteiger partial charge in [-0.15, -0.1) is 0 Å². The van der Waals surface area contributed by atoms with Crippen molar-refractivity contribution in [3.05, 3.63) is 87.5 Å². The van der Waals surface area contributed by atoms with Crippen molar-refractivity contribution in [1.29, 1.82) is 0 Å². The summed E-state index contributed by atoms with van der Waals surface area (Å²) in [5, 5.41) is 5.10. The van der Waals surface area contributed by atoms with Crippen molar-refractivity contribution in [2.45, 2.75) is 50.6 Å². The molecule has 2 heterocycles. The molecule has 2 aromatic heterocycles. The summed E-state index contributed by atoms with van der Waals surface area (Å²) >= 11 is 0. The molecule has 0 saturated heterocycles. The van der Waals surface area contributed by atoms with Crippen molar-refractivity contribution in [3.8, 4) is 23.7 Å². The molecule has 0 saturated carbocycles. The first-order chi connectivity index (χ1) is 23.3. The van der Waals surface area contributed by atoms with Gasteiger partial charge in [0.25, 0.3) is 23.8 Å². The van der Waals surface area contributed by atoms with Crippen molar-refractivity contribution in [1.82, 2.24) is 15.3 Å². The quantitative estimate of drug-likeness (QED) is 0.0840. The maximum absolute atomic E-state index is 14.2. The van der Waals surface area contributed by atoms with Gasteiger partial charge in [0.05, 0.1) is 6.04 Å². The van der Waals surface area contributed by atoms with E-state index < -0.39 is 82.1 Å². The predicted molar refractivity (Wildman–Crippen MR) is 161 cm³/mol. The highest BCUT2D eigenvalue weighted by molar-refractivity contribution is 5.98. The van der Waals surface area contributed by atoms with Crippen molar-refractivity contribution in [3.63, 3.8) is 0 Å². The Morgan fingerprint density at radius 2 is 1.12 bits per heavy atom. The number of rotatable bonds is 12. The van der Waals surface area contributed by atoms with Crippen molar-refractivity contribution < 1.29 is 44.7 Å². The summed E-state index contributed by atoms with van der Waals surface area (Å²) in [5.41, 5.74) is 13.5. The first-order valence-corrected chi connectivity index (χ1v) is 14.6. The lowest BCUT2D eigenvalue weighted by Gasteiger charge is -2.21. The van der Waals surface area contributed by atoms with Crippen LogP contribution < -0.4 is 27.8 Å². The molecular weight excluding hydrogens is 666 g/mol. The van der Waals surface area contributed by atoms with Gasteiger partial charge in [0, 0.05) is 16.8 Å². The van der Waals surface area contributed by atoms with Crippen LogP contribution in [0.4, 0.5) is 40.8 Å². The number of anilines is 1. The second-order valence-electron chi connectivity index (χ2n) is 10.4. The SMILES string of the molecule is NCCCC[C@H](NC(=O)[C@@H](N)CCCCN)C(=O)Nc1ccc(C#Cc2c(F)c(F)nc(F)c2F)c(C#Cc2c(F)c(F)nc(F)c2F)c1. The first kappa shape index (κ1) is 38.3. The number of aromatic nitrogens is 2. The van der Waals surface area contributed by atoms with Crippen molar-refractivity contribution in [2.24, 2.45) is 17.2 Å². The molecule has 0 fully saturated rings. The molecule has 0 unspecified atom stereocenters. The number of nitrogens with zero attached hydrogens (tertiary/aromatic N) is 2. The fourth-order valence-corrected chi connectivity index (χ4v) is 4.20. The zero-order valence-corrected chi connectivity index (χ0v) is 25.5. The standard InChI is InChI=1S/C32H29F8N7O2/c33-23-19(24(34)28(38)46-27(23)37)11-8-16-7-10-18(15-17(16)9-12-20-25(35)29(39)47-30(40)26(20)36)44-32(49)22(6-2-4-14-42)45-31(48)21(43)5-1-3-13-41/h7,10,15,21-22H,1-6,13-14,41-43H2,(H,44,49)(H,45,48)/t21-,22-/m0/s1. The minimum absolute atomic E-state index is 0.0587. The van der Waals surface area contributed by atoms with Gasteiger partial charge in [-0.25, -0.2) is 17.6 Å². The molecule has 1 aromatic carbocycles. The van der Waals surface area contributed by atoms with E-state index in [0.717, 1.165) is 12.1 Å². The number of pyridine rings is 2. The van der Waals surface area contributed by atoms with Crippen LogP contribution in [0.1, 0.15) is 60.8 Å². The molecule has 0 spiro atoms. The highest BCUT2D eigenvalue weighted by Crippen LogP contribution is 2.20. The summed E-state index contributed by atoms with van der Waals surface area (Å²) in [6.07, 6.45) is 2.62. The fraction of sp³-hybridized carbons (Fsp3) is 0.312. The van der Waals surface area contributed by atoms with Gasteiger partial charge in [-0.2, -0.15) is 27.5 Å². The number of nitrogens with two attached hydrogens (primary N) is 3. The molecule has 0 aliphatic heterocycles. The minimum Gasteiger partial charge on any atom is -0.343 e. The molecule has 17 heteroatoms. The van der Waals surface area contributed by atoms with E-state index in [2.05, 4.69) is 32.4 Å². The van der Waals surface area contributed by atoms with Gasteiger partial charge in [-0.1, -0.05) is 30.1 Å². The van der Waals surface area contributed by atoms with Crippen molar-refractivity contribution >= 4 is 17.5 Å². The zero-order chi connectivity index (χ0) is 36.2. The van der Waals surface area contributed by atoms with E-state index in [4.69, 9.17) is 17.2 Å². The number of hydrogen-bond acceptors (Lipinski definition) is 7. The average molecular weight is 696 g/mol. The third-order valence-corrected chi connectivity index (χ3v) is 6.81. The summed E-state index contributed by atoms with van der Waals surface area (Å²) < 4.78 is 111. The number of benzene rings is 1. The second kappa shape index (κ2) is 17.9. The van der Waals surface area contributed by atoms with E-state index in [9.17, 15) is 44.7 Å². The molecule has 0 aliphatic carbocycles. The fourth-order valence-electron chi connectivity index (χ4n) is 4.20. The van der Waals surface area contributed by atoms with Crippen LogP contribution in [0.15, 0.2) is 18.2 Å². The topological polar surface area (TPSA) is 162 Å². The van der Waals surface area contributed by atoms with Gasteiger partial charge in [0.15, 0.2) is 23.3 Å². The van der Waals surface area contributed by atoms with E-state index in [1.807, 2.05) is 11.8 Å². The van der Waals surface area contributed by atoms with E-state index in [1.54, 1.807) is 0 Å². The van der Waals surface area contributed by atoms with Crippen LogP contribution >= 0.6 is 0 Å². The first-order valence-electron chi connectivity index (χ1n) is 14.6. The third kappa shape index (κ3) is 10.2. The number of halogens is 8. The molecule has 260 valence electrons. The normalized spacial score (nSPS) is 11.9. The Balaban J connectivity index is 2.04. The summed E-state index contributed by atoms with van der Waals surface area (Å²) in [7, 11) is 0. The Hall–Kier alpha value is -5.10. The maximum atomic E-state index is 14.2. The Bertz CT molecular complexity index is 1780. The van der Waals surface area contributed by atoms with Crippen LogP contribution in [0, 0.1) is 70.7 Å². The molecule has 0 bridgehead atoms. The van der Waals surface area contributed by atoms with Crippen LogP contribution in [0.2, 0.25) is 0 Å². The largest absolute Gasteiger partial charge is 0.343 e. The lowest BCUT2D eigenvalue weighted by Crippen LogP contribution is -2.50. The van der Waals surface area contributed by atoms with E-state index in [0.29, 0.717) is 45.2 Å². The van der Waals surface area contributed by atoms with Gasteiger partial charge < -0.3 is 27.8 Å². The van der Waals surface area contributed by atoms with Crippen LogP contribution in [0.5, 0.6) is 0 Å². The molecule has 2 atom stereocenters. The van der Waals surface area contributed by atoms with E-state index in [1.165, 1.54) is 6.07 Å². The van der Waals surface area contributed by atoms with Gasteiger partial charge in [-0.3, -0.25) is 9.59 Å². The molecule has 8 N–H and O–H groups in total. The molecule has 9 nitrogen and oxygen atoms in total. The van der Waals surface area contributed by atoms with Gasteiger partial charge >= 0.3 is 0 Å². The highest BCUT2D eigenvalue weighted by Gasteiger charge is 2.24. The van der Waals surface area contributed by atoms with Crippen molar-refractivity contribution in [2.75, 3.05) is 18.4 Å². The van der Waals surface area contributed by atoms with Crippen LogP contribution in [0.25, 0.3) is 0 Å². The Morgan fingerprint density at radius 3 is 1.61 bits per heavy atom.